The average Bonchev–Trinajstić information content (AvgIpc) is 2.18. The first-order chi connectivity index (χ1) is 7.11. The molecule has 0 N–H and O–H groups in total. The lowest BCUT2D eigenvalue weighted by Crippen LogP contribution is -1.90. The maximum absolute atomic E-state index is 6.09. The van der Waals surface area contributed by atoms with Crippen LogP contribution in [-0.2, 0) is 6.42 Å². The molecule has 1 nitrogen and oxygen atoms in total. The molecule has 0 fully saturated rings. The molecule has 3 heteroatoms. The van der Waals surface area contributed by atoms with Crippen LogP contribution in [0.4, 0.5) is 0 Å². The van der Waals surface area contributed by atoms with Crippen LogP contribution in [0.1, 0.15) is 18.1 Å². The summed E-state index contributed by atoms with van der Waals surface area (Å²) in [6.45, 7) is 4.13. The van der Waals surface area contributed by atoms with Gasteiger partial charge in [-0.15, -0.1) is 0 Å². The van der Waals surface area contributed by atoms with Crippen molar-refractivity contribution >= 4 is 38.4 Å². The number of rotatable bonds is 1. The van der Waals surface area contributed by atoms with Gasteiger partial charge in [0.05, 0.1) is 5.52 Å². The summed E-state index contributed by atoms with van der Waals surface area (Å²) in [5.74, 6) is 0. The van der Waals surface area contributed by atoms with Gasteiger partial charge in [-0.05, 0) is 42.7 Å². The van der Waals surface area contributed by atoms with E-state index in [0.29, 0.717) is 5.15 Å². The van der Waals surface area contributed by atoms with Crippen LogP contribution in [0.25, 0.3) is 10.9 Å². The van der Waals surface area contributed by atoms with Crippen LogP contribution in [0.15, 0.2) is 22.7 Å². The van der Waals surface area contributed by atoms with E-state index in [4.69, 9.17) is 11.6 Å². The van der Waals surface area contributed by atoms with Crippen molar-refractivity contribution in [1.29, 1.82) is 0 Å². The lowest BCUT2D eigenvalue weighted by Gasteiger charge is -2.06. The highest BCUT2D eigenvalue weighted by molar-refractivity contribution is 9.10. The van der Waals surface area contributed by atoms with Crippen molar-refractivity contribution in [2.24, 2.45) is 0 Å². The van der Waals surface area contributed by atoms with Crippen LogP contribution < -0.4 is 0 Å². The van der Waals surface area contributed by atoms with Crippen LogP contribution in [0.2, 0.25) is 5.15 Å². The fraction of sp³-hybridized carbons (Fsp3) is 0.250. The fourth-order valence-electron chi connectivity index (χ4n) is 1.69. The van der Waals surface area contributed by atoms with Crippen molar-refractivity contribution in [3.8, 4) is 0 Å². The van der Waals surface area contributed by atoms with Crippen molar-refractivity contribution in [3.63, 3.8) is 0 Å². The number of pyridine rings is 1. The molecule has 2 rings (SSSR count). The van der Waals surface area contributed by atoms with E-state index < -0.39 is 0 Å². The van der Waals surface area contributed by atoms with Crippen LogP contribution in [0.5, 0.6) is 0 Å². The van der Waals surface area contributed by atoms with Gasteiger partial charge in [0.2, 0.25) is 0 Å². The summed E-state index contributed by atoms with van der Waals surface area (Å²) < 4.78 is 1.08. The van der Waals surface area contributed by atoms with Gasteiger partial charge < -0.3 is 0 Å². The van der Waals surface area contributed by atoms with Gasteiger partial charge in [0.1, 0.15) is 5.15 Å². The molecule has 0 atom stereocenters. The summed E-state index contributed by atoms with van der Waals surface area (Å²) in [7, 11) is 0. The molecule has 2 aromatic rings. The minimum Gasteiger partial charge on any atom is -0.236 e. The van der Waals surface area contributed by atoms with E-state index in [0.717, 1.165) is 32.9 Å². The molecule has 0 bridgehead atoms. The second-order valence-corrected chi connectivity index (χ2v) is 4.86. The Kier molecular flexibility index (Phi) is 2.98. The third kappa shape index (κ3) is 2.01. The van der Waals surface area contributed by atoms with Crippen LogP contribution in [0, 0.1) is 6.92 Å². The number of aromatic nitrogens is 1. The molecular weight excluding hydrogens is 273 g/mol. The first kappa shape index (κ1) is 10.9. The van der Waals surface area contributed by atoms with Gasteiger partial charge in [0.25, 0.3) is 0 Å². The van der Waals surface area contributed by atoms with Gasteiger partial charge in [0, 0.05) is 9.86 Å². The van der Waals surface area contributed by atoms with Gasteiger partial charge in [-0.3, -0.25) is 0 Å². The molecule has 0 saturated carbocycles. The van der Waals surface area contributed by atoms with Crippen LogP contribution in [0.3, 0.4) is 0 Å². The summed E-state index contributed by atoms with van der Waals surface area (Å²) in [6.07, 6.45) is 0.910. The van der Waals surface area contributed by atoms with Crippen molar-refractivity contribution in [3.05, 3.63) is 39.0 Å². The average molecular weight is 285 g/mol. The molecule has 0 saturated heterocycles. The number of fused-ring (bicyclic) bond motifs is 1. The predicted molar refractivity (Wildman–Crippen MR) is 68.6 cm³/mol. The lowest BCUT2D eigenvalue weighted by atomic mass is 10.1. The molecule has 15 heavy (non-hydrogen) atoms. The summed E-state index contributed by atoms with van der Waals surface area (Å²) in [5.41, 5.74) is 3.23. The molecular formula is C12H11BrClN. The highest BCUT2D eigenvalue weighted by Crippen LogP contribution is 2.26. The SMILES string of the molecule is CCc1cc2cc(Br)cc(C)c2nc1Cl. The van der Waals surface area contributed by atoms with Gasteiger partial charge >= 0.3 is 0 Å². The Bertz CT molecular complexity index is 523. The molecule has 0 aliphatic carbocycles. The molecule has 1 aromatic heterocycles. The minimum atomic E-state index is 0.621. The Morgan fingerprint density at radius 1 is 1.33 bits per heavy atom. The first-order valence-corrected chi connectivity index (χ1v) is 6.04. The van der Waals surface area contributed by atoms with E-state index in [1.807, 2.05) is 6.92 Å². The predicted octanol–water partition coefficient (Wildman–Crippen LogP) is 4.52. The van der Waals surface area contributed by atoms with Crippen molar-refractivity contribution in [2.75, 3.05) is 0 Å². The van der Waals surface area contributed by atoms with Gasteiger partial charge in [-0.2, -0.15) is 0 Å². The molecule has 78 valence electrons. The summed E-state index contributed by atoms with van der Waals surface area (Å²) in [6, 6.07) is 6.24. The number of nitrogens with zero attached hydrogens (tertiary/aromatic N) is 1. The second kappa shape index (κ2) is 4.11. The first-order valence-electron chi connectivity index (χ1n) is 4.87. The number of halogens is 2. The van der Waals surface area contributed by atoms with Crippen molar-refractivity contribution in [2.45, 2.75) is 20.3 Å². The lowest BCUT2D eigenvalue weighted by molar-refractivity contribution is 1.12. The van der Waals surface area contributed by atoms with Crippen LogP contribution >= 0.6 is 27.5 Å². The number of aryl methyl sites for hydroxylation is 2. The van der Waals surface area contributed by atoms with E-state index >= 15 is 0 Å². The summed E-state index contributed by atoms with van der Waals surface area (Å²) in [4.78, 5) is 4.43. The van der Waals surface area contributed by atoms with Crippen LogP contribution in [-0.4, -0.2) is 4.98 Å². The standard InChI is InChI=1S/C12H11BrClN/c1-3-8-5-9-6-10(13)4-7(2)11(9)15-12(8)14/h4-6H,3H2,1-2H3. The molecule has 1 heterocycles. The molecule has 0 unspecified atom stereocenters. The highest BCUT2D eigenvalue weighted by atomic mass is 79.9. The Morgan fingerprint density at radius 3 is 2.73 bits per heavy atom. The molecule has 1 aromatic carbocycles. The number of hydrogen-bond donors (Lipinski definition) is 0. The topological polar surface area (TPSA) is 12.9 Å². The Morgan fingerprint density at radius 2 is 2.07 bits per heavy atom. The third-order valence-corrected chi connectivity index (χ3v) is 3.27. The molecule has 0 amide bonds. The maximum Gasteiger partial charge on any atom is 0.132 e. The number of benzene rings is 1. The Labute approximate surface area is 103 Å². The highest BCUT2D eigenvalue weighted by Gasteiger charge is 2.06. The Hall–Kier alpha value is -0.600. The summed E-state index contributed by atoms with van der Waals surface area (Å²) in [5, 5.41) is 1.76. The van der Waals surface area contributed by atoms with E-state index in [1.165, 1.54) is 0 Å². The van der Waals surface area contributed by atoms with Crippen molar-refractivity contribution < 1.29 is 0 Å². The van der Waals surface area contributed by atoms with Gasteiger partial charge in [-0.25, -0.2) is 4.98 Å². The zero-order valence-corrected chi connectivity index (χ0v) is 11.0. The second-order valence-electron chi connectivity index (χ2n) is 3.59. The smallest absolute Gasteiger partial charge is 0.132 e. The minimum absolute atomic E-state index is 0.621. The van der Waals surface area contributed by atoms with E-state index in [2.05, 4.69) is 46.0 Å². The maximum atomic E-state index is 6.09. The monoisotopic (exact) mass is 283 g/mol. The normalized spacial score (nSPS) is 10.9. The summed E-state index contributed by atoms with van der Waals surface area (Å²) >= 11 is 9.58. The largest absolute Gasteiger partial charge is 0.236 e. The third-order valence-electron chi connectivity index (χ3n) is 2.48. The quantitative estimate of drug-likeness (QED) is 0.702. The van der Waals surface area contributed by atoms with E-state index in [-0.39, 0.29) is 0 Å². The molecule has 0 aliphatic heterocycles. The zero-order valence-electron chi connectivity index (χ0n) is 8.64. The van der Waals surface area contributed by atoms with Gasteiger partial charge in [-0.1, -0.05) is 34.5 Å². The van der Waals surface area contributed by atoms with Gasteiger partial charge in [0.15, 0.2) is 0 Å². The molecule has 0 spiro atoms. The zero-order chi connectivity index (χ0) is 11.0. The van der Waals surface area contributed by atoms with E-state index in [9.17, 15) is 0 Å². The molecule has 0 aliphatic rings. The fourth-order valence-corrected chi connectivity index (χ4v) is 2.55. The molecule has 0 radical (unpaired) electrons. The number of hydrogen-bond acceptors (Lipinski definition) is 1. The van der Waals surface area contributed by atoms with Crippen molar-refractivity contribution in [1.82, 2.24) is 4.98 Å². The van der Waals surface area contributed by atoms with E-state index in [1.54, 1.807) is 0 Å². The Balaban J connectivity index is 2.81.